The molecule has 1 amide bonds. The molecule has 0 unspecified atom stereocenters. The minimum atomic E-state index is -0.510. The molecule has 2 atom stereocenters. The van der Waals surface area contributed by atoms with Crippen LogP contribution in [0.15, 0.2) is 54.6 Å². The van der Waals surface area contributed by atoms with Crippen molar-refractivity contribution in [3.05, 3.63) is 65.3 Å². The van der Waals surface area contributed by atoms with Gasteiger partial charge >= 0.3 is 0 Å². The van der Waals surface area contributed by atoms with E-state index >= 15 is 0 Å². The fourth-order valence-electron chi connectivity index (χ4n) is 3.63. The van der Waals surface area contributed by atoms with E-state index in [0.717, 1.165) is 30.5 Å². The number of nitrogens with one attached hydrogen (secondary N) is 1. The Labute approximate surface area is 168 Å². The van der Waals surface area contributed by atoms with Gasteiger partial charge in [-0.25, -0.2) is 4.98 Å². The normalized spacial score (nSPS) is 21.4. The fourth-order valence-corrected chi connectivity index (χ4v) is 3.83. The third-order valence-corrected chi connectivity index (χ3v) is 5.29. The summed E-state index contributed by atoms with van der Waals surface area (Å²) in [5, 5.41) is 13.5. The van der Waals surface area contributed by atoms with Gasteiger partial charge in [-0.1, -0.05) is 36.6 Å². The van der Waals surface area contributed by atoms with Gasteiger partial charge in [-0.05, 0) is 42.7 Å². The van der Waals surface area contributed by atoms with Crippen molar-refractivity contribution >= 4 is 23.2 Å². The number of pyridine rings is 1. The molecule has 1 aliphatic heterocycles. The maximum absolute atomic E-state index is 12.8. The number of amides is 1. The van der Waals surface area contributed by atoms with Crippen molar-refractivity contribution in [2.45, 2.75) is 44.4 Å². The number of fused-ring (bicyclic) bond motifs is 1. The van der Waals surface area contributed by atoms with Crippen molar-refractivity contribution in [2.75, 3.05) is 4.90 Å². The van der Waals surface area contributed by atoms with E-state index in [9.17, 15) is 9.90 Å². The molecule has 7 heteroatoms. The molecule has 2 heterocycles. The molecule has 6 nitrogen and oxygen atoms in total. The number of halogens is 1. The summed E-state index contributed by atoms with van der Waals surface area (Å²) in [7, 11) is 0. The minimum Gasteiger partial charge on any atom is -0.448 e. The molecule has 0 bridgehead atoms. The monoisotopic (exact) mass is 399 g/mol. The van der Waals surface area contributed by atoms with Gasteiger partial charge in [-0.2, -0.15) is 0 Å². The summed E-state index contributed by atoms with van der Waals surface area (Å²) in [6.45, 7) is 0.519. The highest BCUT2D eigenvalue weighted by molar-refractivity contribution is 6.29. The molecule has 1 saturated carbocycles. The first kappa shape index (κ1) is 18.8. The Bertz CT molecular complexity index is 902. The van der Waals surface area contributed by atoms with Crippen LogP contribution in [0.2, 0.25) is 5.15 Å². The van der Waals surface area contributed by atoms with Crippen LogP contribution < -0.4 is 15.0 Å². The smallest absolute Gasteiger partial charge is 0.288 e. The number of aliphatic hydroxyl groups is 1. The maximum Gasteiger partial charge on any atom is 0.288 e. The van der Waals surface area contributed by atoms with E-state index in [0.29, 0.717) is 23.9 Å². The molecular formula is C21H22ClN3O3. The molecule has 0 radical (unpaired) electrons. The zero-order valence-electron chi connectivity index (χ0n) is 15.3. The number of benzene rings is 1. The molecule has 1 aromatic heterocycles. The molecule has 1 fully saturated rings. The van der Waals surface area contributed by atoms with Crippen LogP contribution in [0.5, 0.6) is 5.75 Å². The third-order valence-electron chi connectivity index (χ3n) is 5.08. The van der Waals surface area contributed by atoms with E-state index in [1.54, 1.807) is 18.5 Å². The summed E-state index contributed by atoms with van der Waals surface area (Å²) < 4.78 is 5.85. The van der Waals surface area contributed by atoms with E-state index in [-0.39, 0.29) is 17.7 Å². The lowest BCUT2D eigenvalue weighted by molar-refractivity contribution is -0.121. The average Bonchev–Trinajstić information content (AvgIpc) is 2.69. The van der Waals surface area contributed by atoms with Gasteiger partial charge in [0.1, 0.15) is 5.15 Å². The van der Waals surface area contributed by atoms with Crippen molar-refractivity contribution in [1.82, 2.24) is 10.3 Å². The quantitative estimate of drug-likeness (QED) is 0.771. The minimum absolute atomic E-state index is 0.205. The maximum atomic E-state index is 12.8. The van der Waals surface area contributed by atoms with Gasteiger partial charge in [0.15, 0.2) is 5.75 Å². The predicted molar refractivity (Wildman–Crippen MR) is 107 cm³/mol. The molecule has 0 spiro atoms. The molecule has 28 heavy (non-hydrogen) atoms. The van der Waals surface area contributed by atoms with E-state index < -0.39 is 6.10 Å². The first-order valence-corrected chi connectivity index (χ1v) is 9.82. The first-order valence-electron chi connectivity index (χ1n) is 9.45. The van der Waals surface area contributed by atoms with Gasteiger partial charge in [0.25, 0.3) is 5.91 Å². The van der Waals surface area contributed by atoms with Crippen LogP contribution >= 0.6 is 11.6 Å². The number of carbonyl (C=O) groups excluding carboxylic acids is 1. The number of ether oxygens (including phenoxy) is 1. The summed E-state index contributed by atoms with van der Waals surface area (Å²) in [4.78, 5) is 18.8. The Morgan fingerprint density at radius 2 is 2.11 bits per heavy atom. The van der Waals surface area contributed by atoms with E-state index in [1.807, 2.05) is 35.2 Å². The van der Waals surface area contributed by atoms with E-state index in [4.69, 9.17) is 16.3 Å². The zero-order valence-corrected chi connectivity index (χ0v) is 16.1. The molecule has 2 aromatic rings. The van der Waals surface area contributed by atoms with Gasteiger partial charge in [0.05, 0.1) is 24.0 Å². The highest BCUT2D eigenvalue weighted by Gasteiger charge is 2.29. The standard InChI is InChI=1S/C21H22ClN3O3/c22-20-11-14(9-10-23-20)12-25-13-19(28-18-8-4-2-6-16(18)25)21(27)24-15-5-1-3-7-17(15)26/h2,4,6,8-11,13,15,17,26H,1,3,5,7,12H2,(H,24,27)/t15-,17-/m0/s1. The van der Waals surface area contributed by atoms with E-state index in [2.05, 4.69) is 10.3 Å². The molecular weight excluding hydrogens is 378 g/mol. The van der Waals surface area contributed by atoms with E-state index in [1.165, 1.54) is 0 Å². The molecule has 146 valence electrons. The average molecular weight is 400 g/mol. The summed E-state index contributed by atoms with van der Waals surface area (Å²) >= 11 is 6.01. The van der Waals surface area contributed by atoms with Gasteiger partial charge in [-0.3, -0.25) is 4.79 Å². The second-order valence-electron chi connectivity index (χ2n) is 7.11. The second-order valence-corrected chi connectivity index (χ2v) is 7.50. The zero-order chi connectivity index (χ0) is 19.5. The van der Waals surface area contributed by atoms with Crippen LogP contribution in [-0.2, 0) is 11.3 Å². The largest absolute Gasteiger partial charge is 0.448 e. The summed E-state index contributed by atoms with van der Waals surface area (Å²) in [5.74, 6) is 0.495. The van der Waals surface area contributed by atoms with Crippen LogP contribution in [0.4, 0.5) is 5.69 Å². The first-order chi connectivity index (χ1) is 13.6. The highest BCUT2D eigenvalue weighted by atomic mass is 35.5. The fraction of sp³-hybridized carbons (Fsp3) is 0.333. The van der Waals surface area contributed by atoms with Crippen molar-refractivity contribution < 1.29 is 14.6 Å². The van der Waals surface area contributed by atoms with Crippen LogP contribution in [0.25, 0.3) is 0 Å². The molecule has 1 aromatic carbocycles. The highest BCUT2D eigenvalue weighted by Crippen LogP contribution is 2.35. The molecule has 2 aliphatic rings. The summed E-state index contributed by atoms with van der Waals surface area (Å²) in [5.41, 5.74) is 1.83. The van der Waals surface area contributed by atoms with Crippen LogP contribution in [0.1, 0.15) is 31.2 Å². The van der Waals surface area contributed by atoms with Crippen molar-refractivity contribution in [1.29, 1.82) is 0 Å². The Hall–Kier alpha value is -2.57. The molecule has 2 N–H and O–H groups in total. The second kappa shape index (κ2) is 8.20. The summed E-state index contributed by atoms with van der Waals surface area (Å²) in [6, 6.07) is 11.0. The van der Waals surface area contributed by atoms with Gasteiger partial charge in [-0.15, -0.1) is 0 Å². The molecule has 1 aliphatic carbocycles. The topological polar surface area (TPSA) is 74.7 Å². The Kier molecular flexibility index (Phi) is 5.50. The Morgan fingerprint density at radius 1 is 1.29 bits per heavy atom. The van der Waals surface area contributed by atoms with Crippen molar-refractivity contribution in [3.8, 4) is 5.75 Å². The van der Waals surface area contributed by atoms with Gasteiger partial charge in [0.2, 0.25) is 5.76 Å². The number of nitrogens with zero attached hydrogens (tertiary/aromatic N) is 2. The van der Waals surface area contributed by atoms with Gasteiger partial charge < -0.3 is 20.1 Å². The Morgan fingerprint density at radius 3 is 2.93 bits per heavy atom. The lowest BCUT2D eigenvalue weighted by atomic mass is 9.92. The summed E-state index contributed by atoms with van der Waals surface area (Å²) in [6.07, 6.45) is 6.32. The number of aliphatic hydroxyl groups excluding tert-OH is 1. The van der Waals surface area contributed by atoms with Crippen molar-refractivity contribution in [2.24, 2.45) is 0 Å². The number of carbonyl (C=O) groups is 1. The number of hydrogen-bond acceptors (Lipinski definition) is 5. The number of anilines is 1. The van der Waals surface area contributed by atoms with Crippen molar-refractivity contribution in [3.63, 3.8) is 0 Å². The Balaban J connectivity index is 1.57. The van der Waals surface area contributed by atoms with Crippen LogP contribution in [0, 0.1) is 0 Å². The lowest BCUT2D eigenvalue weighted by Gasteiger charge is -2.31. The predicted octanol–water partition coefficient (Wildman–Crippen LogP) is 3.40. The molecule has 4 rings (SSSR count). The van der Waals surface area contributed by atoms with Crippen LogP contribution in [0.3, 0.4) is 0 Å². The van der Waals surface area contributed by atoms with Crippen LogP contribution in [-0.4, -0.2) is 28.1 Å². The number of aromatic nitrogens is 1. The number of para-hydroxylation sites is 2. The SMILES string of the molecule is O=C(N[C@H]1CCCC[C@@H]1O)C1=CN(Cc2ccnc(Cl)c2)c2ccccc2O1. The van der Waals surface area contributed by atoms with Gasteiger partial charge in [0, 0.05) is 12.7 Å². The lowest BCUT2D eigenvalue weighted by Crippen LogP contribution is -2.46. The molecule has 0 saturated heterocycles. The number of hydrogen-bond donors (Lipinski definition) is 2. The third kappa shape index (κ3) is 4.13. The number of rotatable bonds is 4.